The molecule has 0 saturated heterocycles. The van der Waals surface area contributed by atoms with E-state index in [0.29, 0.717) is 33.8 Å². The molecule has 3 aromatic heterocycles. The van der Waals surface area contributed by atoms with Gasteiger partial charge in [-0.2, -0.15) is 0 Å². The first-order valence-electron chi connectivity index (χ1n) is 11.1. The number of aromatic nitrogens is 2. The third-order valence-electron chi connectivity index (χ3n) is 6.19. The second-order valence-electron chi connectivity index (χ2n) is 8.23. The summed E-state index contributed by atoms with van der Waals surface area (Å²) in [5.74, 6) is 0.379. The van der Waals surface area contributed by atoms with Crippen molar-refractivity contribution in [3.63, 3.8) is 0 Å². The predicted octanol–water partition coefficient (Wildman–Crippen LogP) is 5.96. The molecule has 33 heavy (non-hydrogen) atoms. The number of amides is 1. The number of furan rings is 1. The average Bonchev–Trinajstić information content (AvgIpc) is 3.55. The van der Waals surface area contributed by atoms with Crippen LogP contribution in [0.25, 0.3) is 33.8 Å². The Morgan fingerprint density at radius 2 is 1.85 bits per heavy atom. The summed E-state index contributed by atoms with van der Waals surface area (Å²) in [6.45, 7) is 0. The molecule has 0 radical (unpaired) electrons. The summed E-state index contributed by atoms with van der Waals surface area (Å²) in [6, 6.07) is 23.3. The van der Waals surface area contributed by atoms with Crippen LogP contribution in [0.15, 0.2) is 88.0 Å². The van der Waals surface area contributed by atoms with E-state index in [4.69, 9.17) is 8.94 Å². The molecule has 6 nitrogen and oxygen atoms in total. The topological polar surface area (TPSA) is 81.2 Å². The summed E-state index contributed by atoms with van der Waals surface area (Å²) in [5.41, 5.74) is 5.23. The number of nitrogens with zero attached hydrogens (tertiary/aromatic N) is 2. The van der Waals surface area contributed by atoms with Crippen LogP contribution in [-0.4, -0.2) is 16.0 Å². The Labute approximate surface area is 190 Å². The molecular formula is C27H21N3O3. The minimum atomic E-state index is -0.183. The third kappa shape index (κ3) is 3.49. The van der Waals surface area contributed by atoms with E-state index in [1.54, 1.807) is 18.4 Å². The zero-order valence-electron chi connectivity index (χ0n) is 17.8. The minimum absolute atomic E-state index is 0.0437. The van der Waals surface area contributed by atoms with Crippen molar-refractivity contribution >= 4 is 17.0 Å². The Bertz CT molecular complexity index is 1440. The van der Waals surface area contributed by atoms with Gasteiger partial charge >= 0.3 is 0 Å². The molecule has 1 atom stereocenters. The third-order valence-corrected chi connectivity index (χ3v) is 6.19. The summed E-state index contributed by atoms with van der Waals surface area (Å²) in [7, 11) is 0. The number of carbonyl (C=O) groups excluding carboxylic acids is 1. The maximum atomic E-state index is 13.7. The smallest absolute Gasteiger partial charge is 0.259 e. The second-order valence-corrected chi connectivity index (χ2v) is 8.23. The van der Waals surface area contributed by atoms with Crippen LogP contribution in [0, 0.1) is 0 Å². The van der Waals surface area contributed by atoms with Crippen LogP contribution in [-0.2, 0) is 6.42 Å². The maximum Gasteiger partial charge on any atom is 0.259 e. The van der Waals surface area contributed by atoms with Crippen molar-refractivity contribution in [3.8, 4) is 22.7 Å². The highest BCUT2D eigenvalue weighted by molar-refractivity contribution is 6.10. The number of hydrogen-bond donors (Lipinski definition) is 1. The lowest BCUT2D eigenvalue weighted by Gasteiger charge is -2.26. The van der Waals surface area contributed by atoms with Crippen molar-refractivity contribution in [1.29, 1.82) is 0 Å². The highest BCUT2D eigenvalue weighted by Gasteiger charge is 2.26. The van der Waals surface area contributed by atoms with E-state index < -0.39 is 0 Å². The first kappa shape index (κ1) is 19.5. The molecule has 6 heteroatoms. The molecule has 0 saturated carbocycles. The summed E-state index contributed by atoms with van der Waals surface area (Å²) in [4.78, 5) is 18.3. The molecule has 1 aliphatic rings. The molecule has 0 spiro atoms. The quantitative estimate of drug-likeness (QED) is 0.377. The number of carbonyl (C=O) groups is 1. The van der Waals surface area contributed by atoms with Gasteiger partial charge in [-0.05, 0) is 48.6 Å². The van der Waals surface area contributed by atoms with Crippen molar-refractivity contribution in [3.05, 3.63) is 95.7 Å². The van der Waals surface area contributed by atoms with E-state index in [-0.39, 0.29) is 11.9 Å². The van der Waals surface area contributed by atoms with Crippen LogP contribution in [0.3, 0.4) is 0 Å². The van der Waals surface area contributed by atoms with Crippen molar-refractivity contribution in [1.82, 2.24) is 15.5 Å². The monoisotopic (exact) mass is 435 g/mol. The number of benzene rings is 2. The number of hydrogen-bond acceptors (Lipinski definition) is 5. The van der Waals surface area contributed by atoms with E-state index in [1.165, 1.54) is 11.1 Å². The summed E-state index contributed by atoms with van der Waals surface area (Å²) in [5, 5.41) is 8.12. The molecule has 0 bridgehead atoms. The van der Waals surface area contributed by atoms with Crippen LogP contribution in [0.2, 0.25) is 0 Å². The van der Waals surface area contributed by atoms with Gasteiger partial charge in [-0.1, -0.05) is 59.8 Å². The standard InChI is InChI=1S/C27H21N3O3/c31-26(28-21-13-6-11-17-8-4-5-12-19(17)21)20-16-22(23-14-7-15-32-23)29-27-24(20)25(30-33-27)18-9-2-1-3-10-18/h1-5,7-10,12,14-16,21H,6,11,13H2,(H,28,31)/t21-/m1/s1. The van der Waals surface area contributed by atoms with Gasteiger partial charge in [0.1, 0.15) is 11.4 Å². The molecule has 1 aliphatic carbocycles. The van der Waals surface area contributed by atoms with E-state index in [0.717, 1.165) is 24.8 Å². The number of fused-ring (bicyclic) bond motifs is 2. The average molecular weight is 435 g/mol. The Morgan fingerprint density at radius 3 is 2.70 bits per heavy atom. The molecule has 0 aliphatic heterocycles. The molecule has 2 aromatic carbocycles. The highest BCUT2D eigenvalue weighted by Crippen LogP contribution is 2.34. The van der Waals surface area contributed by atoms with Crippen molar-refractivity contribution in [2.75, 3.05) is 0 Å². The molecule has 6 rings (SSSR count). The number of pyridine rings is 1. The lowest BCUT2D eigenvalue weighted by molar-refractivity contribution is 0.0934. The van der Waals surface area contributed by atoms with Gasteiger partial charge in [0, 0.05) is 5.56 Å². The molecule has 0 fully saturated rings. The van der Waals surface area contributed by atoms with Crippen molar-refractivity contribution < 1.29 is 13.7 Å². The lowest BCUT2D eigenvalue weighted by Crippen LogP contribution is -2.31. The predicted molar refractivity (Wildman–Crippen MR) is 125 cm³/mol. The van der Waals surface area contributed by atoms with E-state index in [1.807, 2.05) is 48.5 Å². The Balaban J connectivity index is 1.47. The van der Waals surface area contributed by atoms with Gasteiger partial charge in [-0.3, -0.25) is 4.79 Å². The minimum Gasteiger partial charge on any atom is -0.463 e. The Kier molecular flexibility index (Phi) is 4.76. The van der Waals surface area contributed by atoms with Crippen LogP contribution < -0.4 is 5.32 Å². The van der Waals surface area contributed by atoms with Gasteiger partial charge in [0.25, 0.3) is 11.6 Å². The zero-order valence-corrected chi connectivity index (χ0v) is 17.8. The van der Waals surface area contributed by atoms with E-state index in [9.17, 15) is 4.79 Å². The van der Waals surface area contributed by atoms with Gasteiger partial charge in [-0.25, -0.2) is 4.98 Å². The highest BCUT2D eigenvalue weighted by atomic mass is 16.5. The van der Waals surface area contributed by atoms with Gasteiger partial charge in [0.15, 0.2) is 5.76 Å². The normalized spacial score (nSPS) is 15.3. The largest absolute Gasteiger partial charge is 0.463 e. The number of aryl methyl sites for hydroxylation is 1. The van der Waals surface area contributed by atoms with Gasteiger partial charge < -0.3 is 14.3 Å². The molecule has 0 unspecified atom stereocenters. The fraction of sp³-hybridized carbons (Fsp3) is 0.148. The molecule has 162 valence electrons. The maximum absolute atomic E-state index is 13.7. The summed E-state index contributed by atoms with van der Waals surface area (Å²) < 4.78 is 11.1. The lowest BCUT2D eigenvalue weighted by atomic mass is 9.87. The molecule has 1 amide bonds. The SMILES string of the molecule is O=C(N[C@@H]1CCCc2ccccc21)c1cc(-c2ccco2)nc2onc(-c3ccccc3)c12. The fourth-order valence-electron chi connectivity index (χ4n) is 4.61. The zero-order chi connectivity index (χ0) is 22.2. The van der Waals surface area contributed by atoms with E-state index >= 15 is 0 Å². The number of nitrogens with one attached hydrogen (secondary N) is 1. The summed E-state index contributed by atoms with van der Waals surface area (Å²) in [6.07, 6.45) is 4.55. The summed E-state index contributed by atoms with van der Waals surface area (Å²) >= 11 is 0. The first-order chi connectivity index (χ1) is 16.3. The van der Waals surface area contributed by atoms with Crippen LogP contribution in [0.4, 0.5) is 0 Å². The number of rotatable bonds is 4. The van der Waals surface area contributed by atoms with Gasteiger partial charge in [0.05, 0.1) is 23.3 Å². The molecule has 1 N–H and O–H groups in total. The van der Waals surface area contributed by atoms with Gasteiger partial charge in [0.2, 0.25) is 0 Å². The van der Waals surface area contributed by atoms with Crippen LogP contribution in [0.5, 0.6) is 0 Å². The second kappa shape index (κ2) is 8.06. The molecular weight excluding hydrogens is 414 g/mol. The Morgan fingerprint density at radius 1 is 1.00 bits per heavy atom. The fourth-order valence-corrected chi connectivity index (χ4v) is 4.61. The first-order valence-corrected chi connectivity index (χ1v) is 11.1. The van der Waals surface area contributed by atoms with Crippen molar-refractivity contribution in [2.24, 2.45) is 0 Å². The molecule has 3 heterocycles. The van der Waals surface area contributed by atoms with Crippen LogP contribution >= 0.6 is 0 Å². The molecule has 5 aromatic rings. The van der Waals surface area contributed by atoms with E-state index in [2.05, 4.69) is 27.6 Å². The van der Waals surface area contributed by atoms with Gasteiger partial charge in [-0.15, -0.1) is 0 Å². The van der Waals surface area contributed by atoms with Crippen molar-refractivity contribution in [2.45, 2.75) is 25.3 Å². The Hall–Kier alpha value is -4.19. The van der Waals surface area contributed by atoms with Crippen LogP contribution in [0.1, 0.15) is 40.4 Å².